The van der Waals surface area contributed by atoms with Crippen LogP contribution in [0.3, 0.4) is 0 Å². The number of carbonyl (C=O) groups is 2. The van der Waals surface area contributed by atoms with Crippen molar-refractivity contribution in [3.05, 3.63) is 65.2 Å². The van der Waals surface area contributed by atoms with Gasteiger partial charge in [0.2, 0.25) is 21.8 Å². The van der Waals surface area contributed by atoms with Crippen molar-refractivity contribution in [1.29, 1.82) is 0 Å². The number of nitrogens with one attached hydrogen (secondary N) is 1. The summed E-state index contributed by atoms with van der Waals surface area (Å²) in [6, 6.07) is 13.9. The summed E-state index contributed by atoms with van der Waals surface area (Å²) in [6.45, 7) is 9.17. The average molecular weight is 474 g/mol. The van der Waals surface area contributed by atoms with E-state index in [2.05, 4.69) is 5.32 Å². The minimum absolute atomic E-state index is 0.0314. The highest BCUT2D eigenvalue weighted by Gasteiger charge is 2.30. The molecular formula is C25H35N3O4S. The Labute approximate surface area is 197 Å². The molecule has 2 atom stereocenters. The van der Waals surface area contributed by atoms with Crippen molar-refractivity contribution in [1.82, 2.24) is 10.2 Å². The summed E-state index contributed by atoms with van der Waals surface area (Å²) in [4.78, 5) is 27.8. The number of sulfonamides is 1. The van der Waals surface area contributed by atoms with E-state index in [0.29, 0.717) is 5.69 Å². The van der Waals surface area contributed by atoms with E-state index < -0.39 is 28.5 Å². The van der Waals surface area contributed by atoms with Gasteiger partial charge in [0, 0.05) is 12.6 Å². The molecule has 1 N–H and O–H groups in total. The lowest BCUT2D eigenvalue weighted by atomic mass is 10.1. The van der Waals surface area contributed by atoms with Crippen LogP contribution in [0.4, 0.5) is 5.69 Å². The van der Waals surface area contributed by atoms with Gasteiger partial charge in [0.25, 0.3) is 0 Å². The number of anilines is 1. The topological polar surface area (TPSA) is 86.8 Å². The van der Waals surface area contributed by atoms with Crippen LogP contribution in [0.1, 0.15) is 43.9 Å². The molecule has 0 saturated heterocycles. The first-order valence-corrected chi connectivity index (χ1v) is 13.0. The van der Waals surface area contributed by atoms with E-state index in [9.17, 15) is 18.0 Å². The largest absolute Gasteiger partial charge is 0.352 e. The van der Waals surface area contributed by atoms with Gasteiger partial charge in [-0.15, -0.1) is 0 Å². The summed E-state index contributed by atoms with van der Waals surface area (Å²) < 4.78 is 26.2. The van der Waals surface area contributed by atoms with Crippen LogP contribution in [-0.4, -0.2) is 50.0 Å². The van der Waals surface area contributed by atoms with Gasteiger partial charge >= 0.3 is 0 Å². The molecule has 0 heterocycles. The molecule has 180 valence electrons. The number of amides is 2. The smallest absolute Gasteiger partial charge is 0.244 e. The van der Waals surface area contributed by atoms with E-state index in [1.54, 1.807) is 25.1 Å². The zero-order chi connectivity index (χ0) is 24.8. The molecule has 7 nitrogen and oxygen atoms in total. The highest BCUT2D eigenvalue weighted by atomic mass is 32.2. The zero-order valence-electron chi connectivity index (χ0n) is 20.3. The maximum Gasteiger partial charge on any atom is 0.244 e. The van der Waals surface area contributed by atoms with Gasteiger partial charge in [0.1, 0.15) is 12.6 Å². The predicted octanol–water partition coefficient (Wildman–Crippen LogP) is 3.40. The second-order valence-electron chi connectivity index (χ2n) is 8.61. The Balaban J connectivity index is 2.37. The molecule has 0 bridgehead atoms. The first-order chi connectivity index (χ1) is 15.4. The summed E-state index contributed by atoms with van der Waals surface area (Å²) >= 11 is 0. The monoisotopic (exact) mass is 473 g/mol. The highest BCUT2D eigenvalue weighted by molar-refractivity contribution is 7.92. The molecule has 2 rings (SSSR count). The minimum Gasteiger partial charge on any atom is -0.352 e. The number of hydrogen-bond acceptors (Lipinski definition) is 4. The van der Waals surface area contributed by atoms with E-state index in [0.717, 1.165) is 33.7 Å². The van der Waals surface area contributed by atoms with Crippen LogP contribution in [0.15, 0.2) is 48.5 Å². The van der Waals surface area contributed by atoms with Crippen molar-refractivity contribution >= 4 is 27.5 Å². The van der Waals surface area contributed by atoms with Gasteiger partial charge in [-0.3, -0.25) is 13.9 Å². The molecule has 0 radical (unpaired) electrons. The molecule has 0 aliphatic carbocycles. The first-order valence-electron chi connectivity index (χ1n) is 11.1. The van der Waals surface area contributed by atoms with Crippen LogP contribution in [0.25, 0.3) is 0 Å². The van der Waals surface area contributed by atoms with E-state index in [-0.39, 0.29) is 18.5 Å². The van der Waals surface area contributed by atoms with Gasteiger partial charge in [0.15, 0.2) is 0 Å². The Morgan fingerprint density at radius 1 is 1.00 bits per heavy atom. The summed E-state index contributed by atoms with van der Waals surface area (Å²) in [5, 5.41) is 2.92. The van der Waals surface area contributed by atoms with Crippen molar-refractivity contribution in [2.75, 3.05) is 17.1 Å². The number of rotatable bonds is 10. The summed E-state index contributed by atoms with van der Waals surface area (Å²) in [7, 11) is -3.73. The molecule has 33 heavy (non-hydrogen) atoms. The summed E-state index contributed by atoms with van der Waals surface area (Å²) in [5.41, 5.74) is 3.24. The Kier molecular flexibility index (Phi) is 9.05. The molecule has 0 unspecified atom stereocenters. The lowest BCUT2D eigenvalue weighted by molar-refractivity contribution is -0.139. The van der Waals surface area contributed by atoms with E-state index in [4.69, 9.17) is 0 Å². The van der Waals surface area contributed by atoms with Crippen molar-refractivity contribution in [2.45, 2.75) is 59.7 Å². The predicted molar refractivity (Wildman–Crippen MR) is 132 cm³/mol. The van der Waals surface area contributed by atoms with Gasteiger partial charge in [-0.25, -0.2) is 8.42 Å². The summed E-state index contributed by atoms with van der Waals surface area (Å²) in [5.74, 6) is -0.722. The molecule has 2 aromatic carbocycles. The number of nitrogens with zero attached hydrogens (tertiary/aromatic N) is 2. The fourth-order valence-electron chi connectivity index (χ4n) is 3.34. The van der Waals surface area contributed by atoms with Crippen LogP contribution < -0.4 is 9.62 Å². The molecule has 0 fully saturated rings. The molecule has 2 amide bonds. The summed E-state index contributed by atoms with van der Waals surface area (Å²) in [6.07, 6.45) is 1.84. The van der Waals surface area contributed by atoms with Gasteiger partial charge < -0.3 is 10.2 Å². The number of carbonyl (C=O) groups excluding carboxylic acids is 2. The van der Waals surface area contributed by atoms with E-state index in [1.807, 2.05) is 58.0 Å². The molecule has 0 spiro atoms. The van der Waals surface area contributed by atoms with Gasteiger partial charge in [-0.2, -0.15) is 0 Å². The normalized spacial score (nSPS) is 13.2. The molecular weight excluding hydrogens is 438 g/mol. The lowest BCUT2D eigenvalue weighted by Crippen LogP contribution is -2.52. The fraction of sp³-hybridized carbons (Fsp3) is 0.440. The van der Waals surface area contributed by atoms with Crippen molar-refractivity contribution in [3.63, 3.8) is 0 Å². The quantitative estimate of drug-likeness (QED) is 0.573. The third kappa shape index (κ3) is 7.60. The first kappa shape index (κ1) is 26.4. The highest BCUT2D eigenvalue weighted by Crippen LogP contribution is 2.20. The Bertz CT molecular complexity index is 1070. The second kappa shape index (κ2) is 11.3. The van der Waals surface area contributed by atoms with Gasteiger partial charge in [-0.1, -0.05) is 48.9 Å². The molecule has 8 heteroatoms. The molecule has 0 saturated carbocycles. The SMILES string of the molecule is CC[C@H](C)NC(=O)[C@H](C)N(Cc1ccc(C)cc1)C(=O)CN(c1cccc(C)c1)S(C)(=O)=O. The number of hydrogen-bond donors (Lipinski definition) is 1. The van der Waals surface area contributed by atoms with Gasteiger partial charge in [0.05, 0.1) is 11.9 Å². The second-order valence-corrected chi connectivity index (χ2v) is 10.5. The molecule has 0 aromatic heterocycles. The lowest BCUT2D eigenvalue weighted by Gasteiger charge is -2.32. The maximum atomic E-state index is 13.5. The van der Waals surface area contributed by atoms with Crippen LogP contribution in [0.5, 0.6) is 0 Å². The average Bonchev–Trinajstić information content (AvgIpc) is 2.75. The fourth-order valence-corrected chi connectivity index (χ4v) is 4.18. The van der Waals surface area contributed by atoms with Gasteiger partial charge in [-0.05, 0) is 57.4 Å². The van der Waals surface area contributed by atoms with E-state index >= 15 is 0 Å². The Morgan fingerprint density at radius 2 is 1.64 bits per heavy atom. The van der Waals surface area contributed by atoms with Crippen molar-refractivity contribution < 1.29 is 18.0 Å². The van der Waals surface area contributed by atoms with Crippen LogP contribution in [0, 0.1) is 13.8 Å². The van der Waals surface area contributed by atoms with Crippen LogP contribution in [0.2, 0.25) is 0 Å². The molecule has 2 aromatic rings. The van der Waals surface area contributed by atoms with Crippen molar-refractivity contribution in [2.24, 2.45) is 0 Å². The Hall–Kier alpha value is -2.87. The maximum absolute atomic E-state index is 13.5. The van der Waals surface area contributed by atoms with E-state index in [1.165, 1.54) is 4.90 Å². The Morgan fingerprint density at radius 3 is 2.18 bits per heavy atom. The minimum atomic E-state index is -3.73. The number of aryl methyl sites for hydroxylation is 2. The van der Waals surface area contributed by atoms with Crippen molar-refractivity contribution in [3.8, 4) is 0 Å². The van der Waals surface area contributed by atoms with Crippen LogP contribution >= 0.6 is 0 Å². The third-order valence-corrected chi connectivity index (χ3v) is 6.75. The third-order valence-electron chi connectivity index (χ3n) is 5.61. The zero-order valence-corrected chi connectivity index (χ0v) is 21.1. The number of benzene rings is 2. The molecule has 0 aliphatic rings. The van der Waals surface area contributed by atoms with Crippen LogP contribution in [-0.2, 0) is 26.2 Å². The molecule has 0 aliphatic heterocycles. The standard InChI is InChI=1S/C25H35N3O4S/c1-7-20(4)26-25(30)21(5)27(16-22-13-11-18(2)12-14-22)24(29)17-28(33(6,31)32)23-10-8-9-19(3)15-23/h8-15,20-21H,7,16-17H2,1-6H3,(H,26,30)/t20-,21-/m0/s1.